The fourth-order valence-corrected chi connectivity index (χ4v) is 3.28. The SMILES string of the molecule is COc1ccc(CNC(=O)CCc2csc(-c3ccc(F)cc3)n2)cc1. The molecule has 0 spiro atoms. The zero-order valence-electron chi connectivity index (χ0n) is 14.4. The second kappa shape index (κ2) is 8.58. The predicted molar refractivity (Wildman–Crippen MR) is 101 cm³/mol. The van der Waals surface area contributed by atoms with Crippen LogP contribution in [0.5, 0.6) is 5.75 Å². The van der Waals surface area contributed by atoms with Gasteiger partial charge in [0.05, 0.1) is 12.8 Å². The highest BCUT2D eigenvalue weighted by Crippen LogP contribution is 2.24. The van der Waals surface area contributed by atoms with Crippen molar-refractivity contribution in [2.45, 2.75) is 19.4 Å². The molecule has 2 aromatic carbocycles. The lowest BCUT2D eigenvalue weighted by atomic mass is 10.2. The largest absolute Gasteiger partial charge is 0.497 e. The Balaban J connectivity index is 1.47. The van der Waals surface area contributed by atoms with Crippen LogP contribution in [-0.4, -0.2) is 18.0 Å². The minimum atomic E-state index is -0.265. The Bertz CT molecular complexity index is 860. The van der Waals surface area contributed by atoms with Crippen molar-refractivity contribution in [2.24, 2.45) is 0 Å². The number of nitrogens with one attached hydrogen (secondary N) is 1. The van der Waals surface area contributed by atoms with Crippen molar-refractivity contribution in [1.29, 1.82) is 0 Å². The molecule has 0 unspecified atom stereocenters. The first-order valence-electron chi connectivity index (χ1n) is 8.24. The summed E-state index contributed by atoms with van der Waals surface area (Å²) in [5, 5.41) is 5.68. The van der Waals surface area contributed by atoms with E-state index in [2.05, 4.69) is 10.3 Å². The van der Waals surface area contributed by atoms with Crippen LogP contribution < -0.4 is 10.1 Å². The monoisotopic (exact) mass is 370 g/mol. The Hall–Kier alpha value is -2.73. The third-order valence-corrected chi connectivity index (χ3v) is 4.84. The average Bonchev–Trinajstić information content (AvgIpc) is 3.14. The van der Waals surface area contributed by atoms with Crippen LogP contribution in [0.2, 0.25) is 0 Å². The van der Waals surface area contributed by atoms with Gasteiger partial charge in [-0.2, -0.15) is 0 Å². The number of aryl methyl sites for hydroxylation is 1. The van der Waals surface area contributed by atoms with Crippen molar-refractivity contribution < 1.29 is 13.9 Å². The minimum Gasteiger partial charge on any atom is -0.497 e. The highest BCUT2D eigenvalue weighted by Gasteiger charge is 2.08. The van der Waals surface area contributed by atoms with Crippen LogP contribution in [0, 0.1) is 5.82 Å². The molecular weight excluding hydrogens is 351 g/mol. The highest BCUT2D eigenvalue weighted by atomic mass is 32.1. The van der Waals surface area contributed by atoms with Gasteiger partial charge in [0.25, 0.3) is 0 Å². The van der Waals surface area contributed by atoms with Gasteiger partial charge in [-0.05, 0) is 48.4 Å². The topological polar surface area (TPSA) is 51.2 Å². The van der Waals surface area contributed by atoms with Crippen molar-refractivity contribution in [3.63, 3.8) is 0 Å². The maximum Gasteiger partial charge on any atom is 0.220 e. The zero-order valence-corrected chi connectivity index (χ0v) is 15.2. The third kappa shape index (κ3) is 4.89. The quantitative estimate of drug-likeness (QED) is 0.678. The number of rotatable bonds is 7. The molecule has 3 aromatic rings. The molecule has 0 fully saturated rings. The van der Waals surface area contributed by atoms with E-state index in [4.69, 9.17) is 4.74 Å². The van der Waals surface area contributed by atoms with Crippen molar-refractivity contribution >= 4 is 17.2 Å². The summed E-state index contributed by atoms with van der Waals surface area (Å²) in [5.74, 6) is 0.511. The van der Waals surface area contributed by atoms with Gasteiger partial charge in [0.2, 0.25) is 5.91 Å². The van der Waals surface area contributed by atoms with Crippen LogP contribution in [0.1, 0.15) is 17.7 Å². The molecule has 0 saturated heterocycles. The summed E-state index contributed by atoms with van der Waals surface area (Å²) in [4.78, 5) is 16.5. The first-order chi connectivity index (χ1) is 12.6. The van der Waals surface area contributed by atoms with Gasteiger partial charge in [-0.25, -0.2) is 9.37 Å². The second-order valence-electron chi connectivity index (χ2n) is 5.78. The van der Waals surface area contributed by atoms with E-state index in [1.54, 1.807) is 19.2 Å². The lowest BCUT2D eigenvalue weighted by Gasteiger charge is -2.06. The summed E-state index contributed by atoms with van der Waals surface area (Å²) in [6, 6.07) is 13.8. The van der Waals surface area contributed by atoms with Gasteiger partial charge in [0, 0.05) is 23.9 Å². The number of carbonyl (C=O) groups is 1. The Kier molecular flexibility index (Phi) is 5.96. The predicted octanol–water partition coefficient (Wildman–Crippen LogP) is 4.21. The number of methoxy groups -OCH3 is 1. The van der Waals surface area contributed by atoms with E-state index >= 15 is 0 Å². The Labute approximate surface area is 155 Å². The molecule has 0 radical (unpaired) electrons. The van der Waals surface area contributed by atoms with Crippen LogP contribution in [-0.2, 0) is 17.8 Å². The molecule has 26 heavy (non-hydrogen) atoms. The molecule has 0 aliphatic rings. The Morgan fingerprint density at radius 3 is 2.58 bits per heavy atom. The second-order valence-corrected chi connectivity index (χ2v) is 6.63. The van der Waals surface area contributed by atoms with Crippen molar-refractivity contribution in [1.82, 2.24) is 10.3 Å². The third-order valence-electron chi connectivity index (χ3n) is 3.90. The number of benzene rings is 2. The minimum absolute atomic E-state index is 0.0165. The fourth-order valence-electron chi connectivity index (χ4n) is 2.42. The average molecular weight is 370 g/mol. The standard InChI is InChI=1S/C20H19FN2O2S/c1-25-18-9-2-14(3-10-18)12-22-19(24)11-8-17-13-26-20(23-17)15-4-6-16(21)7-5-15/h2-7,9-10,13H,8,11-12H2,1H3,(H,22,24). The van der Waals surface area contributed by atoms with Crippen LogP contribution >= 0.6 is 11.3 Å². The van der Waals surface area contributed by atoms with Gasteiger partial charge in [-0.3, -0.25) is 4.79 Å². The number of amides is 1. The normalized spacial score (nSPS) is 10.5. The molecule has 1 amide bonds. The summed E-state index contributed by atoms with van der Waals surface area (Å²) < 4.78 is 18.1. The molecule has 1 N–H and O–H groups in total. The van der Waals surface area contributed by atoms with E-state index in [1.165, 1.54) is 23.5 Å². The molecule has 1 heterocycles. The molecule has 0 atom stereocenters. The lowest BCUT2D eigenvalue weighted by Crippen LogP contribution is -2.23. The Morgan fingerprint density at radius 1 is 1.15 bits per heavy atom. The van der Waals surface area contributed by atoms with Crippen molar-refractivity contribution in [3.8, 4) is 16.3 Å². The lowest BCUT2D eigenvalue weighted by molar-refractivity contribution is -0.121. The van der Waals surface area contributed by atoms with Gasteiger partial charge in [0.15, 0.2) is 0 Å². The van der Waals surface area contributed by atoms with E-state index < -0.39 is 0 Å². The van der Waals surface area contributed by atoms with Gasteiger partial charge < -0.3 is 10.1 Å². The van der Waals surface area contributed by atoms with Crippen LogP contribution in [0.25, 0.3) is 10.6 Å². The summed E-state index contributed by atoms with van der Waals surface area (Å²) in [6.07, 6.45) is 0.953. The Morgan fingerprint density at radius 2 is 1.88 bits per heavy atom. The number of hydrogen-bond acceptors (Lipinski definition) is 4. The molecule has 6 heteroatoms. The van der Waals surface area contributed by atoms with Crippen LogP contribution in [0.4, 0.5) is 4.39 Å². The number of aromatic nitrogens is 1. The van der Waals surface area contributed by atoms with E-state index in [-0.39, 0.29) is 11.7 Å². The molecule has 134 valence electrons. The van der Waals surface area contributed by atoms with Crippen LogP contribution in [0.3, 0.4) is 0 Å². The molecule has 1 aromatic heterocycles. The molecule has 0 aliphatic heterocycles. The van der Waals surface area contributed by atoms with E-state index in [1.807, 2.05) is 29.6 Å². The maximum absolute atomic E-state index is 13.0. The van der Waals surface area contributed by atoms with Gasteiger partial charge in [0.1, 0.15) is 16.6 Å². The van der Waals surface area contributed by atoms with Gasteiger partial charge in [-0.1, -0.05) is 12.1 Å². The molecule has 0 saturated carbocycles. The molecule has 0 aliphatic carbocycles. The molecule has 0 bridgehead atoms. The zero-order chi connectivity index (χ0) is 18.4. The number of carbonyl (C=O) groups excluding carboxylic acids is 1. The van der Waals surface area contributed by atoms with Gasteiger partial charge in [-0.15, -0.1) is 11.3 Å². The van der Waals surface area contributed by atoms with Crippen molar-refractivity contribution in [2.75, 3.05) is 7.11 Å². The first kappa shape index (κ1) is 18.1. The number of hydrogen-bond donors (Lipinski definition) is 1. The molecule has 3 rings (SSSR count). The fraction of sp³-hybridized carbons (Fsp3) is 0.200. The summed E-state index contributed by atoms with van der Waals surface area (Å²) in [7, 11) is 1.62. The number of halogens is 1. The summed E-state index contributed by atoms with van der Waals surface area (Å²) in [6.45, 7) is 0.487. The van der Waals surface area contributed by atoms with Gasteiger partial charge >= 0.3 is 0 Å². The summed E-state index contributed by atoms with van der Waals surface area (Å²) in [5.41, 5.74) is 2.77. The van der Waals surface area contributed by atoms with E-state index in [0.29, 0.717) is 19.4 Å². The maximum atomic E-state index is 13.0. The smallest absolute Gasteiger partial charge is 0.220 e. The summed E-state index contributed by atoms with van der Waals surface area (Å²) >= 11 is 1.50. The van der Waals surface area contributed by atoms with E-state index in [9.17, 15) is 9.18 Å². The highest BCUT2D eigenvalue weighted by molar-refractivity contribution is 7.13. The number of ether oxygens (including phenoxy) is 1. The van der Waals surface area contributed by atoms with E-state index in [0.717, 1.165) is 27.6 Å². The molecule has 4 nitrogen and oxygen atoms in total. The number of nitrogens with zero attached hydrogens (tertiary/aromatic N) is 1. The van der Waals surface area contributed by atoms with Crippen molar-refractivity contribution in [3.05, 3.63) is 71.0 Å². The molecular formula is C20H19FN2O2S. The first-order valence-corrected chi connectivity index (χ1v) is 9.12. The number of thiazole rings is 1. The van der Waals surface area contributed by atoms with Crippen LogP contribution in [0.15, 0.2) is 53.9 Å².